The third-order valence-corrected chi connectivity index (χ3v) is 13.6. The van der Waals surface area contributed by atoms with E-state index in [9.17, 15) is 19.4 Å². The largest absolute Gasteiger partial charge is 0.472 e. The van der Waals surface area contributed by atoms with Gasteiger partial charge in [0.15, 0.2) is 0 Å². The second-order valence-corrected chi connectivity index (χ2v) is 21.8. The maximum absolute atomic E-state index is 13.0. The number of hydrogen-bond acceptors (Lipinski definition) is 5. The molecule has 0 saturated carbocycles. The second kappa shape index (κ2) is 47.1. The molecule has 0 rings (SSSR count). The number of amides is 1. The molecule has 0 heterocycles. The van der Waals surface area contributed by atoms with Crippen molar-refractivity contribution in [2.24, 2.45) is 0 Å². The van der Waals surface area contributed by atoms with E-state index in [1.807, 2.05) is 27.2 Å². The van der Waals surface area contributed by atoms with Crippen LogP contribution in [0.15, 0.2) is 24.3 Å². The van der Waals surface area contributed by atoms with Crippen LogP contribution in [0.2, 0.25) is 0 Å². The highest BCUT2D eigenvalue weighted by molar-refractivity contribution is 7.47. The van der Waals surface area contributed by atoms with Gasteiger partial charge in [0.2, 0.25) is 5.91 Å². The number of aliphatic hydroxyl groups is 1. The van der Waals surface area contributed by atoms with E-state index in [-0.39, 0.29) is 19.1 Å². The lowest BCUT2D eigenvalue weighted by atomic mass is 10.0. The minimum Gasteiger partial charge on any atom is -0.387 e. The van der Waals surface area contributed by atoms with Gasteiger partial charge in [0.25, 0.3) is 0 Å². The SMILES string of the molecule is CCCCCCCCCCCCCC/C=C\CCCCCCCCCCC(=O)NC(COP(=O)(O)OCC[N+](C)(C)C)C(O)/C=C/CCCCCCCCCCCCCCCCCC. The molecule has 0 aromatic rings. The van der Waals surface area contributed by atoms with Gasteiger partial charge in [-0.1, -0.05) is 244 Å². The first kappa shape index (κ1) is 63.0. The van der Waals surface area contributed by atoms with E-state index in [2.05, 4.69) is 31.3 Å². The molecule has 0 aliphatic rings. The second-order valence-electron chi connectivity index (χ2n) is 20.3. The summed E-state index contributed by atoms with van der Waals surface area (Å²) in [5, 5.41) is 13.9. The normalized spacial score (nSPS) is 14.2. The van der Waals surface area contributed by atoms with Crippen LogP contribution in [0, 0.1) is 0 Å². The zero-order valence-electron chi connectivity index (χ0n) is 43.3. The van der Waals surface area contributed by atoms with Crippen LogP contribution in [0.1, 0.15) is 271 Å². The first-order chi connectivity index (χ1) is 31.0. The van der Waals surface area contributed by atoms with Gasteiger partial charge in [0.1, 0.15) is 13.2 Å². The van der Waals surface area contributed by atoms with Gasteiger partial charge in [-0.25, -0.2) is 4.57 Å². The monoisotopic (exact) mass is 926 g/mol. The van der Waals surface area contributed by atoms with Gasteiger partial charge in [-0.15, -0.1) is 0 Å². The van der Waals surface area contributed by atoms with Gasteiger partial charge < -0.3 is 19.8 Å². The Bertz CT molecular complexity index is 1090. The standard InChI is InChI=1S/C55H109N2O6P/c1-6-8-10-12-14-16-18-20-22-24-26-27-28-29-30-31-33-35-37-39-41-43-45-47-49-55(59)56-53(52-63-64(60,61)62-51-50-57(3,4)5)54(58)48-46-44-42-40-38-36-34-32-25-23-21-19-17-15-13-11-9-7-2/h29-30,46,48,53-54,58H,6-28,31-45,47,49-52H2,1-5H3,(H-,56,59,60,61)/p+1/b30-29-,48-46+. The Kier molecular flexibility index (Phi) is 46.3. The number of hydrogen-bond donors (Lipinski definition) is 3. The number of carbonyl (C=O) groups is 1. The highest BCUT2D eigenvalue weighted by atomic mass is 31.2. The fourth-order valence-corrected chi connectivity index (χ4v) is 9.01. The van der Waals surface area contributed by atoms with Gasteiger partial charge in [-0.05, 0) is 44.9 Å². The molecule has 0 radical (unpaired) electrons. The summed E-state index contributed by atoms with van der Waals surface area (Å²) in [6.45, 7) is 4.85. The van der Waals surface area contributed by atoms with Crippen molar-refractivity contribution in [3.05, 3.63) is 24.3 Å². The number of phosphoric acid groups is 1. The molecule has 380 valence electrons. The summed E-state index contributed by atoms with van der Waals surface area (Å²) < 4.78 is 23.7. The lowest BCUT2D eigenvalue weighted by molar-refractivity contribution is -0.870. The Morgan fingerprint density at radius 3 is 1.20 bits per heavy atom. The van der Waals surface area contributed by atoms with E-state index in [1.54, 1.807) is 6.08 Å². The molecule has 64 heavy (non-hydrogen) atoms. The van der Waals surface area contributed by atoms with Gasteiger partial charge in [-0.3, -0.25) is 13.8 Å². The molecule has 0 bridgehead atoms. The number of aliphatic hydroxyl groups excluding tert-OH is 1. The number of nitrogens with one attached hydrogen (secondary N) is 1. The van der Waals surface area contributed by atoms with Crippen molar-refractivity contribution in [2.75, 3.05) is 40.9 Å². The van der Waals surface area contributed by atoms with E-state index in [1.165, 1.54) is 212 Å². The Hall–Kier alpha value is -1.02. The summed E-state index contributed by atoms with van der Waals surface area (Å²) in [6.07, 6.45) is 58.4. The number of unbranched alkanes of at least 4 members (excludes halogenated alkanes) is 36. The molecule has 1 amide bonds. The molecule has 3 unspecified atom stereocenters. The van der Waals surface area contributed by atoms with Crippen LogP contribution in [-0.4, -0.2) is 73.4 Å². The molecule has 9 heteroatoms. The molecule has 3 atom stereocenters. The summed E-state index contributed by atoms with van der Waals surface area (Å²) >= 11 is 0. The molecule has 0 aromatic carbocycles. The molecule has 0 fully saturated rings. The first-order valence-corrected chi connectivity index (χ1v) is 29.2. The number of phosphoric ester groups is 1. The number of allylic oxidation sites excluding steroid dienone is 3. The van der Waals surface area contributed by atoms with Gasteiger partial charge in [0, 0.05) is 6.42 Å². The van der Waals surface area contributed by atoms with Crippen LogP contribution in [0.5, 0.6) is 0 Å². The Morgan fingerprint density at radius 1 is 0.516 bits per heavy atom. The van der Waals surface area contributed by atoms with Crippen LogP contribution in [0.4, 0.5) is 0 Å². The number of carbonyl (C=O) groups excluding carboxylic acids is 1. The van der Waals surface area contributed by atoms with E-state index in [4.69, 9.17) is 9.05 Å². The van der Waals surface area contributed by atoms with Crippen molar-refractivity contribution < 1.29 is 32.9 Å². The number of nitrogens with zero attached hydrogens (tertiary/aromatic N) is 1. The molecular formula is C55H110N2O6P+. The highest BCUT2D eigenvalue weighted by Gasteiger charge is 2.27. The first-order valence-electron chi connectivity index (χ1n) is 27.7. The summed E-state index contributed by atoms with van der Waals surface area (Å²) in [6, 6.07) is -0.846. The fraction of sp³-hybridized carbons (Fsp3) is 0.909. The zero-order valence-corrected chi connectivity index (χ0v) is 44.2. The number of quaternary nitrogens is 1. The molecule has 3 N–H and O–H groups in total. The van der Waals surface area contributed by atoms with E-state index >= 15 is 0 Å². The number of likely N-dealkylation sites (N-methyl/N-ethyl adjacent to an activating group) is 1. The average Bonchev–Trinajstić information content (AvgIpc) is 3.25. The third-order valence-electron chi connectivity index (χ3n) is 12.7. The van der Waals surface area contributed by atoms with E-state index in [0.717, 1.165) is 38.5 Å². The lowest BCUT2D eigenvalue weighted by Crippen LogP contribution is -2.45. The Balaban J connectivity index is 4.22. The molecule has 0 aromatic heterocycles. The molecule has 0 saturated heterocycles. The van der Waals surface area contributed by atoms with Crippen LogP contribution < -0.4 is 5.32 Å². The van der Waals surface area contributed by atoms with E-state index < -0.39 is 20.0 Å². The van der Waals surface area contributed by atoms with Crippen molar-refractivity contribution in [2.45, 2.75) is 283 Å². The topological polar surface area (TPSA) is 105 Å². The quantitative estimate of drug-likeness (QED) is 0.0243. The minimum absolute atomic E-state index is 0.0625. The zero-order chi connectivity index (χ0) is 47.1. The Morgan fingerprint density at radius 2 is 0.844 bits per heavy atom. The molecule has 8 nitrogen and oxygen atoms in total. The maximum Gasteiger partial charge on any atom is 0.472 e. The predicted molar refractivity (Wildman–Crippen MR) is 277 cm³/mol. The average molecular weight is 926 g/mol. The van der Waals surface area contributed by atoms with Crippen LogP contribution in [0.3, 0.4) is 0 Å². The van der Waals surface area contributed by atoms with Crippen molar-refractivity contribution in [3.8, 4) is 0 Å². The van der Waals surface area contributed by atoms with Gasteiger partial charge in [-0.2, -0.15) is 0 Å². The van der Waals surface area contributed by atoms with Gasteiger partial charge >= 0.3 is 7.82 Å². The van der Waals surface area contributed by atoms with Crippen LogP contribution >= 0.6 is 7.82 Å². The third kappa shape index (κ3) is 48.9. The van der Waals surface area contributed by atoms with Crippen molar-refractivity contribution in [3.63, 3.8) is 0 Å². The molecule has 0 aliphatic heterocycles. The van der Waals surface area contributed by atoms with Crippen molar-refractivity contribution in [1.82, 2.24) is 5.32 Å². The van der Waals surface area contributed by atoms with Gasteiger partial charge in [0.05, 0.1) is 39.9 Å². The van der Waals surface area contributed by atoms with Crippen LogP contribution in [0.25, 0.3) is 0 Å². The van der Waals surface area contributed by atoms with E-state index in [0.29, 0.717) is 17.4 Å². The Labute approximate surface area is 398 Å². The minimum atomic E-state index is -4.34. The van der Waals surface area contributed by atoms with Crippen LogP contribution in [-0.2, 0) is 18.4 Å². The smallest absolute Gasteiger partial charge is 0.387 e. The fourth-order valence-electron chi connectivity index (χ4n) is 8.27. The summed E-state index contributed by atoms with van der Waals surface area (Å²) in [4.78, 5) is 23.3. The molecular weight excluding hydrogens is 816 g/mol. The summed E-state index contributed by atoms with van der Waals surface area (Å²) in [5.41, 5.74) is 0. The highest BCUT2D eigenvalue weighted by Crippen LogP contribution is 2.43. The maximum atomic E-state index is 13.0. The lowest BCUT2D eigenvalue weighted by Gasteiger charge is -2.25. The van der Waals surface area contributed by atoms with Crippen molar-refractivity contribution in [1.29, 1.82) is 0 Å². The summed E-state index contributed by atoms with van der Waals surface area (Å²) in [5.74, 6) is -0.176. The predicted octanol–water partition coefficient (Wildman–Crippen LogP) is 16.4. The number of rotatable bonds is 51. The molecule has 0 spiro atoms. The summed E-state index contributed by atoms with van der Waals surface area (Å²) in [7, 11) is 1.58. The molecule has 0 aliphatic carbocycles. The van der Waals surface area contributed by atoms with Crippen molar-refractivity contribution >= 4 is 13.7 Å².